The number of hydrogen-bond donors (Lipinski definition) is 0. The van der Waals surface area contributed by atoms with Crippen molar-refractivity contribution in [3.05, 3.63) is 70.8 Å². The molecule has 0 fully saturated rings. The first kappa shape index (κ1) is 16.1. The van der Waals surface area contributed by atoms with Gasteiger partial charge in [0.15, 0.2) is 0 Å². The number of aromatic nitrogens is 2. The molecule has 0 amide bonds. The predicted molar refractivity (Wildman–Crippen MR) is 101 cm³/mol. The van der Waals surface area contributed by atoms with Gasteiger partial charge in [-0.05, 0) is 0 Å². The van der Waals surface area contributed by atoms with Crippen LogP contribution in [0.15, 0.2) is 63.9 Å². The van der Waals surface area contributed by atoms with Crippen molar-refractivity contribution < 1.29 is 4.42 Å². The third-order valence-corrected chi connectivity index (χ3v) is 6.46. The topological polar surface area (TPSA) is 47.5 Å². The Morgan fingerprint density at radius 1 is 1.16 bits per heavy atom. The van der Waals surface area contributed by atoms with Gasteiger partial charge >= 0.3 is 151 Å². The Hall–Kier alpha value is -2.36. The monoisotopic (exact) mass is 398 g/mol. The van der Waals surface area contributed by atoms with Crippen LogP contribution in [0.4, 0.5) is 0 Å². The summed E-state index contributed by atoms with van der Waals surface area (Å²) in [6.45, 7) is 4.40. The van der Waals surface area contributed by atoms with Crippen LogP contribution >= 0.6 is 0 Å². The first-order chi connectivity index (χ1) is 12.1. The van der Waals surface area contributed by atoms with Gasteiger partial charge in [0.05, 0.1) is 0 Å². The zero-order valence-electron chi connectivity index (χ0n) is 14.1. The predicted octanol–water partition coefficient (Wildman–Crippen LogP) is 2.29. The fraction of sp³-hybridized carbons (Fsp3) is 0.200. The van der Waals surface area contributed by atoms with Crippen molar-refractivity contribution in [1.82, 2.24) is 9.38 Å². The zero-order chi connectivity index (χ0) is 17.4. The third-order valence-electron chi connectivity index (χ3n) is 3.97. The van der Waals surface area contributed by atoms with Crippen LogP contribution in [-0.2, 0) is 6.42 Å². The molecule has 3 heterocycles. The molecular formula is C20H18N2O2Se. The van der Waals surface area contributed by atoms with Crippen molar-refractivity contribution in [3.8, 4) is 0 Å². The Kier molecular flexibility index (Phi) is 4.20. The minimum atomic E-state index is -0.296. The van der Waals surface area contributed by atoms with E-state index in [4.69, 9.17) is 9.40 Å². The molecule has 0 spiro atoms. The van der Waals surface area contributed by atoms with E-state index in [1.165, 1.54) is 4.59 Å². The summed E-state index contributed by atoms with van der Waals surface area (Å²) in [7, 11) is 0. The summed E-state index contributed by atoms with van der Waals surface area (Å²) in [5.41, 5.74) is 2.43. The third kappa shape index (κ3) is 3.13. The molecule has 0 aliphatic carbocycles. The van der Waals surface area contributed by atoms with Gasteiger partial charge < -0.3 is 0 Å². The van der Waals surface area contributed by atoms with Crippen LogP contribution in [0.1, 0.15) is 19.5 Å². The van der Waals surface area contributed by atoms with Crippen molar-refractivity contribution >= 4 is 40.6 Å². The van der Waals surface area contributed by atoms with Gasteiger partial charge in [-0.2, -0.15) is 0 Å². The maximum absolute atomic E-state index is 12.0. The van der Waals surface area contributed by atoms with E-state index in [-0.39, 0.29) is 20.6 Å². The number of pyridine rings is 1. The quantitative estimate of drug-likeness (QED) is 0.392. The molecule has 0 aliphatic rings. The molecule has 0 atom stereocenters. The van der Waals surface area contributed by atoms with Gasteiger partial charge in [0.1, 0.15) is 0 Å². The Morgan fingerprint density at radius 2 is 1.96 bits per heavy atom. The number of rotatable bonds is 4. The van der Waals surface area contributed by atoms with Crippen LogP contribution in [0, 0.1) is 5.92 Å². The molecule has 0 radical (unpaired) electrons. The summed E-state index contributed by atoms with van der Waals surface area (Å²) in [5.74, 6) is 0.525. The van der Waals surface area contributed by atoms with Crippen molar-refractivity contribution in [2.24, 2.45) is 5.92 Å². The second-order valence-electron chi connectivity index (χ2n) is 6.42. The average molecular weight is 397 g/mol. The summed E-state index contributed by atoms with van der Waals surface area (Å²) in [6.07, 6.45) is 2.98. The van der Waals surface area contributed by atoms with E-state index in [9.17, 15) is 4.79 Å². The molecule has 0 saturated carbocycles. The normalized spacial score (nSPS) is 11.6. The molecule has 0 aliphatic heterocycles. The van der Waals surface area contributed by atoms with Crippen molar-refractivity contribution in [3.63, 3.8) is 0 Å². The average Bonchev–Trinajstić information content (AvgIpc) is 2.91. The molecular weight excluding hydrogens is 379 g/mol. The van der Waals surface area contributed by atoms with Gasteiger partial charge in [-0.25, -0.2) is 0 Å². The number of benzene rings is 1. The summed E-state index contributed by atoms with van der Waals surface area (Å²) < 4.78 is 9.73. The Balaban J connectivity index is 1.90. The number of fused-ring (bicyclic) bond motifs is 2. The van der Waals surface area contributed by atoms with Crippen LogP contribution < -0.4 is 14.7 Å². The van der Waals surface area contributed by atoms with Crippen LogP contribution in [0.3, 0.4) is 0 Å². The second-order valence-corrected chi connectivity index (χ2v) is 8.58. The molecule has 25 heavy (non-hydrogen) atoms. The number of hydrogen-bond acceptors (Lipinski definition) is 3. The molecule has 0 unspecified atom stereocenters. The fourth-order valence-corrected chi connectivity index (χ4v) is 5.32. The summed E-state index contributed by atoms with van der Waals surface area (Å²) >= 11 is -0.0411. The Labute approximate surface area is 151 Å². The van der Waals surface area contributed by atoms with E-state index in [2.05, 4.69) is 24.4 Å². The van der Waals surface area contributed by atoms with Crippen LogP contribution in [0.25, 0.3) is 16.6 Å². The SMILES string of the molecule is CC(C)Cc1nc2ccccn2c1[Se]c1cc(=O)oc2ccccc12. The first-order valence-corrected chi connectivity index (χ1v) is 10.00. The van der Waals surface area contributed by atoms with Crippen molar-refractivity contribution in [2.45, 2.75) is 20.3 Å². The number of nitrogens with zero attached hydrogens (tertiary/aromatic N) is 2. The summed E-state index contributed by atoms with van der Waals surface area (Å²) in [4.78, 5) is 16.8. The molecule has 4 aromatic rings. The number of imidazole rings is 1. The number of para-hydroxylation sites is 1. The molecule has 0 bridgehead atoms. The van der Waals surface area contributed by atoms with Gasteiger partial charge in [-0.15, -0.1) is 0 Å². The fourth-order valence-electron chi connectivity index (χ4n) is 2.92. The summed E-state index contributed by atoms with van der Waals surface area (Å²) in [5, 5.41) is 1.00. The molecule has 126 valence electrons. The van der Waals surface area contributed by atoms with E-state index in [0.29, 0.717) is 11.5 Å². The Bertz CT molecular complexity index is 1110. The molecule has 3 aromatic heterocycles. The van der Waals surface area contributed by atoms with E-state index in [0.717, 1.165) is 27.6 Å². The van der Waals surface area contributed by atoms with E-state index < -0.39 is 0 Å². The molecule has 0 saturated heterocycles. The van der Waals surface area contributed by atoms with E-state index >= 15 is 0 Å². The van der Waals surface area contributed by atoms with Gasteiger partial charge in [-0.3, -0.25) is 0 Å². The van der Waals surface area contributed by atoms with Crippen molar-refractivity contribution in [1.29, 1.82) is 0 Å². The van der Waals surface area contributed by atoms with Crippen molar-refractivity contribution in [2.75, 3.05) is 0 Å². The summed E-state index contributed by atoms with van der Waals surface area (Å²) in [6, 6.07) is 15.4. The van der Waals surface area contributed by atoms with Crippen LogP contribution in [0.2, 0.25) is 0 Å². The van der Waals surface area contributed by atoms with Gasteiger partial charge in [0.25, 0.3) is 0 Å². The Morgan fingerprint density at radius 3 is 2.80 bits per heavy atom. The van der Waals surface area contributed by atoms with Gasteiger partial charge in [-0.1, -0.05) is 0 Å². The second kappa shape index (κ2) is 6.51. The molecule has 1 aromatic carbocycles. The molecule has 5 heteroatoms. The molecule has 4 rings (SSSR count). The molecule has 4 nitrogen and oxygen atoms in total. The van der Waals surface area contributed by atoms with Gasteiger partial charge in [0.2, 0.25) is 0 Å². The van der Waals surface area contributed by atoms with Crippen LogP contribution in [-0.4, -0.2) is 24.3 Å². The maximum atomic E-state index is 12.0. The van der Waals surface area contributed by atoms with E-state index in [1.807, 2.05) is 42.5 Å². The standard InChI is InChI=1S/C20H18N2O2Se/c1-13(2)11-15-20(22-10-6-5-9-18(22)21-15)25-17-12-19(23)24-16-8-4-3-7-14(16)17/h3-10,12-13H,11H2,1-2H3. The zero-order valence-corrected chi connectivity index (χ0v) is 15.8. The minimum absolute atomic E-state index is 0.0411. The van der Waals surface area contributed by atoms with Crippen LogP contribution in [0.5, 0.6) is 0 Å². The van der Waals surface area contributed by atoms with E-state index in [1.54, 1.807) is 6.07 Å². The molecule has 0 N–H and O–H groups in total. The first-order valence-electron chi connectivity index (χ1n) is 8.28. The van der Waals surface area contributed by atoms with Gasteiger partial charge in [0, 0.05) is 0 Å².